The summed E-state index contributed by atoms with van der Waals surface area (Å²) >= 11 is 0. The van der Waals surface area contributed by atoms with Gasteiger partial charge in [-0.1, -0.05) is 91.4 Å². The Morgan fingerprint density at radius 1 is 0.926 bits per heavy atom. The molecule has 4 rings (SSSR count). The average molecular weight is 774 g/mol. The predicted octanol–water partition coefficient (Wildman–Crippen LogP) is 4.80. The normalized spacial score (nSPS) is 24.5. The summed E-state index contributed by atoms with van der Waals surface area (Å²) in [6.45, 7) is 11.6. The van der Waals surface area contributed by atoms with Crippen LogP contribution >= 0.6 is 0 Å². The minimum absolute atomic E-state index is 0.0194. The molecule has 54 heavy (non-hydrogen) atoms. The third-order valence-corrected chi connectivity index (χ3v) is 16.4. The molecule has 304 valence electrons. The van der Waals surface area contributed by atoms with E-state index in [1.54, 1.807) is 18.7 Å². The van der Waals surface area contributed by atoms with Crippen LogP contribution in [0.2, 0.25) is 0 Å². The van der Waals surface area contributed by atoms with Crippen LogP contribution in [0.25, 0.3) is 0 Å². The largest absolute Gasteiger partial charge is 0.344 e. The fourth-order valence-corrected chi connectivity index (χ4v) is 10.6. The van der Waals surface area contributed by atoms with E-state index in [4.69, 9.17) is 6.42 Å². The van der Waals surface area contributed by atoms with Gasteiger partial charge in [-0.05, 0) is 82.0 Å². The molecule has 4 fully saturated rings. The molecule has 4 N–H and O–H groups in total. The van der Waals surface area contributed by atoms with E-state index in [-0.39, 0.29) is 47.9 Å². The number of hydrogen-bond donors (Lipinski definition) is 4. The Bertz CT molecular complexity index is 1520. The summed E-state index contributed by atoms with van der Waals surface area (Å²) in [5.41, 5.74) is -1.28. The molecule has 13 heteroatoms. The molecule has 0 spiro atoms. The van der Waals surface area contributed by atoms with Gasteiger partial charge >= 0.3 is 6.03 Å². The summed E-state index contributed by atoms with van der Waals surface area (Å²) in [7, 11) is -3.58. The predicted molar refractivity (Wildman–Crippen MR) is 210 cm³/mol. The number of sulfone groups is 1. The average Bonchev–Trinajstić information content (AvgIpc) is 3.11. The van der Waals surface area contributed by atoms with Crippen molar-refractivity contribution in [2.45, 2.75) is 173 Å². The number of amides is 5. The van der Waals surface area contributed by atoms with Crippen molar-refractivity contribution in [3.05, 3.63) is 0 Å². The van der Waals surface area contributed by atoms with Gasteiger partial charge in [-0.15, -0.1) is 6.42 Å². The van der Waals surface area contributed by atoms with Crippen LogP contribution in [0.15, 0.2) is 0 Å². The summed E-state index contributed by atoms with van der Waals surface area (Å²) in [6.07, 6.45) is 17.2. The third kappa shape index (κ3) is 10.6. The van der Waals surface area contributed by atoms with Gasteiger partial charge in [0.05, 0.1) is 28.6 Å². The molecule has 12 nitrogen and oxygen atoms in total. The van der Waals surface area contributed by atoms with E-state index < -0.39 is 61.9 Å². The molecule has 0 aromatic heterocycles. The molecule has 3 aliphatic carbocycles. The molecule has 4 atom stereocenters. The summed E-state index contributed by atoms with van der Waals surface area (Å²) in [6, 6.07) is -3.49. The highest BCUT2D eigenvalue weighted by Crippen LogP contribution is 2.40. The van der Waals surface area contributed by atoms with Crippen molar-refractivity contribution in [2.24, 2.45) is 23.2 Å². The second-order valence-electron chi connectivity index (χ2n) is 18.1. The van der Waals surface area contributed by atoms with Crippen molar-refractivity contribution in [3.63, 3.8) is 0 Å². The number of carbonyl (C=O) groups excluding carboxylic acids is 5. The number of Topliss-reactive ketones (excluding diaryl/α,β-unsaturated/α-hetero) is 1. The van der Waals surface area contributed by atoms with Crippen LogP contribution in [0, 0.1) is 35.5 Å². The van der Waals surface area contributed by atoms with E-state index in [1.807, 2.05) is 13.8 Å². The fourth-order valence-electron chi connectivity index (χ4n) is 8.65. The summed E-state index contributed by atoms with van der Waals surface area (Å²) in [5, 5.41) is 11.4. The molecule has 0 aromatic carbocycles. The van der Waals surface area contributed by atoms with Gasteiger partial charge in [0.15, 0.2) is 9.84 Å². The van der Waals surface area contributed by atoms with E-state index in [2.05, 4.69) is 41.0 Å². The maximum absolute atomic E-state index is 14.9. The minimum Gasteiger partial charge on any atom is -0.344 e. The Morgan fingerprint density at radius 2 is 1.56 bits per heavy atom. The number of likely N-dealkylation sites (tertiary alicyclic amines) is 1. The van der Waals surface area contributed by atoms with Gasteiger partial charge in [-0.3, -0.25) is 19.2 Å². The number of rotatable bonds is 15. The first-order chi connectivity index (χ1) is 25.3. The maximum atomic E-state index is 14.9. The van der Waals surface area contributed by atoms with Gasteiger partial charge in [0.25, 0.3) is 5.91 Å². The first-order valence-electron chi connectivity index (χ1n) is 20.5. The first kappa shape index (κ1) is 43.6. The molecule has 5 amide bonds. The summed E-state index contributed by atoms with van der Waals surface area (Å²) in [4.78, 5) is 71.0. The Kier molecular flexibility index (Phi) is 14.7. The Morgan fingerprint density at radius 3 is 2.13 bits per heavy atom. The first-order valence-corrected chi connectivity index (χ1v) is 22.2. The van der Waals surface area contributed by atoms with Crippen molar-refractivity contribution < 1.29 is 32.4 Å². The topological polar surface area (TPSA) is 171 Å². The van der Waals surface area contributed by atoms with Crippen LogP contribution in [0.5, 0.6) is 0 Å². The second kappa shape index (κ2) is 18.2. The highest BCUT2D eigenvalue weighted by atomic mass is 32.2. The summed E-state index contributed by atoms with van der Waals surface area (Å²) in [5.74, 6) is -0.274. The SMILES string of the molecule is C#CCNC(=O)C(=O)C(CC1CCC1)NC(=O)[C@@H]1CC(C)(C)C(C)CN1C(=O)[C@@H](NC(=O)NC1(CS(=O)(=O)C(C)(C)CC)CCCCC1)C1CCCCC1. The number of nitrogens with one attached hydrogen (secondary N) is 4. The van der Waals surface area contributed by atoms with Gasteiger partial charge in [0.2, 0.25) is 17.6 Å². The molecule has 1 saturated heterocycles. The van der Waals surface area contributed by atoms with Crippen molar-refractivity contribution in [1.29, 1.82) is 0 Å². The highest BCUT2D eigenvalue weighted by molar-refractivity contribution is 7.92. The number of nitrogens with zero attached hydrogens (tertiary/aromatic N) is 1. The lowest BCUT2D eigenvalue weighted by Gasteiger charge is -2.48. The number of ketones is 1. The van der Waals surface area contributed by atoms with Crippen LogP contribution in [0.3, 0.4) is 0 Å². The molecule has 4 aliphatic rings. The Hall–Kier alpha value is -3.14. The van der Waals surface area contributed by atoms with Gasteiger partial charge in [-0.2, -0.15) is 0 Å². The van der Waals surface area contributed by atoms with Gasteiger partial charge < -0.3 is 26.2 Å². The van der Waals surface area contributed by atoms with Gasteiger partial charge in [-0.25, -0.2) is 13.2 Å². The molecule has 0 aromatic rings. The van der Waals surface area contributed by atoms with Crippen LogP contribution < -0.4 is 21.3 Å². The molecule has 1 aliphatic heterocycles. The van der Waals surface area contributed by atoms with E-state index in [0.717, 1.165) is 70.6 Å². The van der Waals surface area contributed by atoms with Crippen molar-refractivity contribution in [1.82, 2.24) is 26.2 Å². The number of terminal acetylenes is 1. The lowest BCUT2D eigenvalue weighted by Crippen LogP contribution is -2.65. The Balaban J connectivity index is 1.61. The van der Waals surface area contributed by atoms with Crippen molar-refractivity contribution in [3.8, 4) is 12.3 Å². The molecular formula is C41H67N5O7S. The maximum Gasteiger partial charge on any atom is 0.315 e. The number of piperidine rings is 1. The van der Waals surface area contributed by atoms with Crippen LogP contribution in [0.1, 0.15) is 144 Å². The smallest absolute Gasteiger partial charge is 0.315 e. The van der Waals surface area contributed by atoms with Crippen LogP contribution in [0.4, 0.5) is 4.79 Å². The zero-order valence-electron chi connectivity index (χ0n) is 33.7. The monoisotopic (exact) mass is 773 g/mol. The van der Waals surface area contributed by atoms with Gasteiger partial charge in [0, 0.05) is 6.54 Å². The third-order valence-electron chi connectivity index (χ3n) is 13.5. The molecule has 0 bridgehead atoms. The summed E-state index contributed by atoms with van der Waals surface area (Å²) < 4.78 is 26.4. The molecule has 2 unspecified atom stereocenters. The molecule has 1 heterocycles. The quantitative estimate of drug-likeness (QED) is 0.137. The van der Waals surface area contributed by atoms with Crippen LogP contribution in [-0.4, -0.2) is 90.1 Å². The van der Waals surface area contributed by atoms with Crippen molar-refractivity contribution >= 4 is 39.4 Å². The van der Waals surface area contributed by atoms with Gasteiger partial charge in [0.1, 0.15) is 12.1 Å². The Labute approximate surface area is 324 Å². The molecule has 0 radical (unpaired) electrons. The van der Waals surface area contributed by atoms with E-state index >= 15 is 0 Å². The minimum atomic E-state index is -3.58. The second-order valence-corrected chi connectivity index (χ2v) is 20.8. The van der Waals surface area contributed by atoms with Crippen LogP contribution in [-0.2, 0) is 29.0 Å². The zero-order chi connectivity index (χ0) is 39.9. The fraction of sp³-hybridized carbons (Fsp3) is 0.829. The number of urea groups is 1. The number of carbonyl (C=O) groups is 5. The molecular weight excluding hydrogens is 707 g/mol. The van der Waals surface area contributed by atoms with Crippen molar-refractivity contribution in [2.75, 3.05) is 18.8 Å². The molecule has 3 saturated carbocycles. The number of hydrogen-bond acceptors (Lipinski definition) is 7. The lowest BCUT2D eigenvalue weighted by atomic mass is 9.71. The van der Waals surface area contributed by atoms with E-state index in [9.17, 15) is 32.4 Å². The zero-order valence-corrected chi connectivity index (χ0v) is 34.5. The van der Waals surface area contributed by atoms with E-state index in [0.29, 0.717) is 32.1 Å². The van der Waals surface area contributed by atoms with E-state index in [1.165, 1.54) is 0 Å². The highest BCUT2D eigenvalue weighted by Gasteiger charge is 2.48. The lowest BCUT2D eigenvalue weighted by molar-refractivity contribution is -0.151. The standard InChI is InChI=1S/C41H67N5O7S/c1-8-23-42-36(49)34(47)31(24-29-17-16-18-29)43-35(48)32-25-39(4,5)28(3)26-46(32)37(50)33(30-19-12-10-13-20-30)44-38(51)45-41(21-14-11-15-22-41)27-54(52,53)40(6,7)9-2/h1,28-33H,9-27H2,2-7H3,(H,42,49)(H,43,48)(H2,44,45,51)/t28?,31?,32-,33-/m0/s1.